The van der Waals surface area contributed by atoms with Crippen molar-refractivity contribution >= 4 is 23.4 Å². The van der Waals surface area contributed by atoms with Gasteiger partial charge in [-0.3, -0.25) is 14.4 Å². The van der Waals surface area contributed by atoms with Gasteiger partial charge in [0.25, 0.3) is 0 Å². The van der Waals surface area contributed by atoms with E-state index in [9.17, 15) is 14.4 Å². The maximum Gasteiger partial charge on any atom is 0.313 e. The van der Waals surface area contributed by atoms with Crippen molar-refractivity contribution in [1.82, 2.24) is 9.80 Å². The van der Waals surface area contributed by atoms with Gasteiger partial charge in [-0.1, -0.05) is 6.07 Å². The molecule has 3 rings (SSSR count). The summed E-state index contributed by atoms with van der Waals surface area (Å²) >= 11 is 0. The fraction of sp³-hybridized carbons (Fsp3) is 0.500. The summed E-state index contributed by atoms with van der Waals surface area (Å²) < 4.78 is 0. The van der Waals surface area contributed by atoms with Crippen LogP contribution in [0.15, 0.2) is 18.2 Å². The molecule has 1 unspecified atom stereocenters. The third-order valence-electron chi connectivity index (χ3n) is 4.79. The highest BCUT2D eigenvalue weighted by Crippen LogP contribution is 2.25. The lowest BCUT2D eigenvalue weighted by Gasteiger charge is -2.25. The number of carbonyl (C=O) groups excluding carboxylic acids is 3. The van der Waals surface area contributed by atoms with E-state index in [0.717, 1.165) is 25.7 Å². The number of fused-ring (bicyclic) bond motifs is 1. The third-order valence-corrected chi connectivity index (χ3v) is 4.79. The third kappa shape index (κ3) is 3.13. The minimum absolute atomic E-state index is 0.133. The van der Waals surface area contributed by atoms with Gasteiger partial charge in [0, 0.05) is 26.3 Å². The quantitative estimate of drug-likeness (QED) is 0.829. The molecule has 1 aliphatic heterocycles. The summed E-state index contributed by atoms with van der Waals surface area (Å²) in [5, 5.41) is 2.68. The Hall–Kier alpha value is -2.37. The lowest BCUT2D eigenvalue weighted by atomic mass is 10.1. The van der Waals surface area contributed by atoms with Crippen LogP contribution in [0.3, 0.4) is 0 Å². The number of likely N-dealkylation sites (tertiary alicyclic amines) is 1. The van der Waals surface area contributed by atoms with Crippen LogP contribution in [-0.4, -0.2) is 54.2 Å². The van der Waals surface area contributed by atoms with Crippen molar-refractivity contribution < 1.29 is 14.4 Å². The molecule has 24 heavy (non-hydrogen) atoms. The summed E-state index contributed by atoms with van der Waals surface area (Å²) in [6, 6.07) is 5.26. The molecule has 0 saturated carbocycles. The number of anilines is 1. The van der Waals surface area contributed by atoms with Gasteiger partial charge in [-0.15, -0.1) is 0 Å². The molecule has 0 aromatic heterocycles. The van der Waals surface area contributed by atoms with Gasteiger partial charge in [0.05, 0.1) is 0 Å². The molecule has 1 N–H and O–H groups in total. The van der Waals surface area contributed by atoms with Gasteiger partial charge in [0.1, 0.15) is 6.04 Å². The van der Waals surface area contributed by atoms with Crippen molar-refractivity contribution in [3.63, 3.8) is 0 Å². The summed E-state index contributed by atoms with van der Waals surface area (Å²) in [5.41, 5.74) is 3.20. The van der Waals surface area contributed by atoms with E-state index in [1.807, 2.05) is 18.2 Å². The summed E-state index contributed by atoms with van der Waals surface area (Å²) in [4.78, 5) is 39.8. The SMILES string of the molecule is CN(C)C(=O)C1CCCN1C(=O)C(=O)Nc1ccc2c(c1)CCC2. The second kappa shape index (κ2) is 6.63. The molecule has 1 aliphatic carbocycles. The molecule has 6 nitrogen and oxygen atoms in total. The highest BCUT2D eigenvalue weighted by Gasteiger charge is 2.37. The van der Waals surface area contributed by atoms with Crippen LogP contribution in [0.25, 0.3) is 0 Å². The van der Waals surface area contributed by atoms with Gasteiger partial charge >= 0.3 is 11.8 Å². The average Bonchev–Trinajstić information content (AvgIpc) is 3.21. The molecule has 1 aromatic rings. The van der Waals surface area contributed by atoms with E-state index in [0.29, 0.717) is 18.7 Å². The van der Waals surface area contributed by atoms with Crippen molar-refractivity contribution in [2.24, 2.45) is 0 Å². The maximum absolute atomic E-state index is 12.5. The van der Waals surface area contributed by atoms with Crippen LogP contribution in [0.2, 0.25) is 0 Å². The van der Waals surface area contributed by atoms with E-state index in [2.05, 4.69) is 5.32 Å². The predicted molar refractivity (Wildman–Crippen MR) is 90.5 cm³/mol. The standard InChI is InChI=1S/C18H23N3O3/c1-20(2)17(23)15-7-4-10-21(15)18(24)16(22)19-14-9-8-12-5-3-6-13(12)11-14/h8-9,11,15H,3-7,10H2,1-2H3,(H,19,22). The first-order valence-electron chi connectivity index (χ1n) is 8.42. The Bertz CT molecular complexity index is 684. The van der Waals surface area contributed by atoms with E-state index < -0.39 is 17.9 Å². The number of carbonyl (C=O) groups is 3. The molecule has 1 fully saturated rings. The van der Waals surface area contributed by atoms with Crippen molar-refractivity contribution in [1.29, 1.82) is 0 Å². The number of aryl methyl sites for hydroxylation is 2. The molecule has 128 valence electrons. The van der Waals surface area contributed by atoms with Crippen LogP contribution >= 0.6 is 0 Å². The van der Waals surface area contributed by atoms with Gasteiger partial charge in [0.15, 0.2) is 0 Å². The molecule has 6 heteroatoms. The Morgan fingerprint density at radius 2 is 1.88 bits per heavy atom. The summed E-state index contributed by atoms with van der Waals surface area (Å²) in [6.07, 6.45) is 4.56. The Kier molecular flexibility index (Phi) is 4.55. The van der Waals surface area contributed by atoms with Crippen LogP contribution in [0.4, 0.5) is 5.69 Å². The Morgan fingerprint density at radius 1 is 1.12 bits per heavy atom. The average molecular weight is 329 g/mol. The second-order valence-corrected chi connectivity index (χ2v) is 6.68. The second-order valence-electron chi connectivity index (χ2n) is 6.68. The number of hydrogen-bond donors (Lipinski definition) is 1. The van der Waals surface area contributed by atoms with Gasteiger partial charge < -0.3 is 15.1 Å². The molecular weight excluding hydrogens is 306 g/mol. The van der Waals surface area contributed by atoms with E-state index in [4.69, 9.17) is 0 Å². The number of likely N-dealkylation sites (N-methyl/N-ethyl adjacent to an activating group) is 1. The lowest BCUT2D eigenvalue weighted by Crippen LogP contribution is -2.48. The predicted octanol–water partition coefficient (Wildman–Crippen LogP) is 1.19. The molecule has 1 heterocycles. The number of nitrogens with zero attached hydrogens (tertiary/aromatic N) is 2. The molecule has 1 atom stereocenters. The molecule has 3 amide bonds. The van der Waals surface area contributed by atoms with E-state index in [-0.39, 0.29) is 5.91 Å². The fourth-order valence-corrected chi connectivity index (χ4v) is 3.53. The molecule has 0 spiro atoms. The zero-order chi connectivity index (χ0) is 17.3. The zero-order valence-electron chi connectivity index (χ0n) is 14.2. The molecule has 1 aromatic carbocycles. The number of benzene rings is 1. The Labute approximate surface area is 141 Å². The van der Waals surface area contributed by atoms with Crippen LogP contribution < -0.4 is 5.32 Å². The van der Waals surface area contributed by atoms with Gasteiger partial charge in [0.2, 0.25) is 5.91 Å². The molecule has 0 radical (unpaired) electrons. The normalized spacial score (nSPS) is 19.1. The van der Waals surface area contributed by atoms with Crippen LogP contribution in [-0.2, 0) is 27.2 Å². The van der Waals surface area contributed by atoms with Crippen molar-refractivity contribution in [3.05, 3.63) is 29.3 Å². The minimum Gasteiger partial charge on any atom is -0.347 e. The van der Waals surface area contributed by atoms with E-state index in [1.165, 1.54) is 20.9 Å². The topological polar surface area (TPSA) is 69.7 Å². The smallest absolute Gasteiger partial charge is 0.313 e. The summed E-state index contributed by atoms with van der Waals surface area (Å²) in [5.74, 6) is -1.44. The van der Waals surface area contributed by atoms with E-state index in [1.54, 1.807) is 14.1 Å². The lowest BCUT2D eigenvalue weighted by molar-refractivity contribution is -0.147. The van der Waals surface area contributed by atoms with Gasteiger partial charge in [-0.05, 0) is 55.4 Å². The Morgan fingerprint density at radius 3 is 2.62 bits per heavy atom. The fourth-order valence-electron chi connectivity index (χ4n) is 3.53. The molecule has 1 saturated heterocycles. The van der Waals surface area contributed by atoms with Gasteiger partial charge in [-0.2, -0.15) is 0 Å². The van der Waals surface area contributed by atoms with Crippen molar-refractivity contribution in [2.45, 2.75) is 38.1 Å². The highest BCUT2D eigenvalue weighted by molar-refractivity contribution is 6.40. The van der Waals surface area contributed by atoms with Crippen LogP contribution in [0.1, 0.15) is 30.4 Å². The highest BCUT2D eigenvalue weighted by atomic mass is 16.2. The zero-order valence-corrected chi connectivity index (χ0v) is 14.2. The van der Waals surface area contributed by atoms with Crippen LogP contribution in [0, 0.1) is 0 Å². The number of nitrogens with one attached hydrogen (secondary N) is 1. The first-order valence-corrected chi connectivity index (χ1v) is 8.42. The summed E-state index contributed by atoms with van der Waals surface area (Å²) in [7, 11) is 3.32. The Balaban J connectivity index is 1.68. The van der Waals surface area contributed by atoms with Gasteiger partial charge in [-0.25, -0.2) is 0 Å². The number of amides is 3. The minimum atomic E-state index is -0.675. The van der Waals surface area contributed by atoms with Crippen molar-refractivity contribution in [2.75, 3.05) is 26.0 Å². The largest absolute Gasteiger partial charge is 0.347 e. The molecule has 2 aliphatic rings. The number of hydrogen-bond acceptors (Lipinski definition) is 3. The van der Waals surface area contributed by atoms with Crippen molar-refractivity contribution in [3.8, 4) is 0 Å². The first kappa shape index (κ1) is 16.5. The number of rotatable bonds is 2. The summed E-state index contributed by atoms with van der Waals surface area (Å²) in [6.45, 7) is 0.445. The monoisotopic (exact) mass is 329 g/mol. The van der Waals surface area contributed by atoms with Crippen LogP contribution in [0.5, 0.6) is 0 Å². The first-order chi connectivity index (χ1) is 11.5. The molecular formula is C18H23N3O3. The molecule has 0 bridgehead atoms. The maximum atomic E-state index is 12.5. The van der Waals surface area contributed by atoms with E-state index >= 15 is 0 Å².